The maximum atomic E-state index is 13.8. The summed E-state index contributed by atoms with van der Waals surface area (Å²) in [7, 11) is 0. The minimum absolute atomic E-state index is 0.0677. The van der Waals surface area contributed by atoms with Crippen molar-refractivity contribution < 1.29 is 48.3 Å². The van der Waals surface area contributed by atoms with Crippen molar-refractivity contribution >= 4 is 22.3 Å². The number of alkyl halides is 9. The Morgan fingerprint density at radius 1 is 0.293 bits per heavy atom. The van der Waals surface area contributed by atoms with Gasteiger partial charge in [0.25, 0.3) is 0 Å². The molecule has 2 aromatic heterocycles. The number of hydrogen-bond acceptors (Lipinski definition) is 6. The molecular formula is C67H43F9N4O2. The first kappa shape index (κ1) is 53.0. The van der Waals surface area contributed by atoms with Crippen LogP contribution in [0.5, 0.6) is 0 Å². The number of rotatable bonds is 12. The van der Waals surface area contributed by atoms with Crippen molar-refractivity contribution in [2.45, 2.75) is 43.7 Å². The largest absolute Gasteiger partial charge is 0.416 e. The van der Waals surface area contributed by atoms with E-state index in [4.69, 9.17) is 8.83 Å². The van der Waals surface area contributed by atoms with Crippen LogP contribution in [0.4, 0.5) is 39.5 Å². The maximum Gasteiger partial charge on any atom is 0.416 e. The van der Waals surface area contributed by atoms with Gasteiger partial charge in [0, 0.05) is 22.3 Å². The molecule has 6 nitrogen and oxygen atoms in total. The van der Waals surface area contributed by atoms with Crippen molar-refractivity contribution in [3.05, 3.63) is 285 Å². The van der Waals surface area contributed by atoms with Gasteiger partial charge in [0.1, 0.15) is 0 Å². The molecule has 0 atom stereocenters. The van der Waals surface area contributed by atoms with Crippen LogP contribution in [0.25, 0.3) is 68.1 Å². The predicted octanol–water partition coefficient (Wildman–Crippen LogP) is 18.6. The summed E-state index contributed by atoms with van der Waals surface area (Å²) in [4.78, 5) is 0. The highest BCUT2D eigenvalue weighted by Gasteiger charge is 2.40. The van der Waals surface area contributed by atoms with Crippen molar-refractivity contribution in [3.8, 4) is 45.8 Å². The minimum Gasteiger partial charge on any atom is -0.416 e. The van der Waals surface area contributed by atoms with Gasteiger partial charge in [-0.1, -0.05) is 145 Å². The number of allylic oxidation sites excluding steroid dienone is 8. The molecule has 406 valence electrons. The molecule has 0 radical (unpaired) electrons. The van der Waals surface area contributed by atoms with Gasteiger partial charge in [-0.25, -0.2) is 0 Å². The molecule has 2 aliphatic rings. The van der Waals surface area contributed by atoms with Crippen LogP contribution in [0.2, 0.25) is 0 Å². The van der Waals surface area contributed by atoms with Crippen molar-refractivity contribution in [2.24, 2.45) is 0 Å². The number of hydrogen-bond donors (Lipinski definition) is 0. The van der Waals surface area contributed by atoms with Gasteiger partial charge in [0.2, 0.25) is 23.6 Å². The zero-order chi connectivity index (χ0) is 57.0. The Hall–Kier alpha value is -9.63. The topological polar surface area (TPSA) is 77.8 Å². The van der Waals surface area contributed by atoms with Crippen molar-refractivity contribution in [1.29, 1.82) is 0 Å². The molecule has 0 aliphatic heterocycles. The summed E-state index contributed by atoms with van der Waals surface area (Å²) < 4.78 is 136. The fourth-order valence-electron chi connectivity index (χ4n) is 10.7. The van der Waals surface area contributed by atoms with Crippen LogP contribution >= 0.6 is 0 Å². The average Bonchev–Trinajstić information content (AvgIpc) is 3.69. The summed E-state index contributed by atoms with van der Waals surface area (Å²) in [5, 5.41) is 17.1. The lowest BCUT2D eigenvalue weighted by atomic mass is 9.64. The average molecular weight is 1110 g/mol. The standard InChI is InChI=1S/C67H43F9N4O2/c1-40-6-2-9-51(34-40)62-79-77-60(81-62)43-22-30-55(31-23-43)64(53-26-18-41(19-27-53)47-14-16-49(35-47)45-7-3-11-57(37-45)65(68,69)70,54-28-20-42(21-29-54)48-15-17-50(36-48)46-8-4-12-58(38-46)66(71,72)73)56-32-24-44(25-33-56)61-78-80-63(82-61)52-10-5-13-59(39-52)67(74,75)76/h2-34,37-39H,35-36H2,1H3. The highest BCUT2D eigenvalue weighted by atomic mass is 19.4. The Labute approximate surface area is 464 Å². The van der Waals surface area contributed by atoms with E-state index in [2.05, 4.69) is 20.4 Å². The van der Waals surface area contributed by atoms with E-state index in [0.717, 1.165) is 103 Å². The predicted molar refractivity (Wildman–Crippen MR) is 296 cm³/mol. The van der Waals surface area contributed by atoms with Crippen molar-refractivity contribution in [1.82, 2.24) is 20.4 Å². The van der Waals surface area contributed by atoms with Gasteiger partial charge in [-0.15, -0.1) is 20.4 Å². The van der Waals surface area contributed by atoms with E-state index in [-0.39, 0.29) is 17.3 Å². The van der Waals surface area contributed by atoms with Crippen LogP contribution in [0.1, 0.15) is 79.6 Å². The van der Waals surface area contributed by atoms with Crippen LogP contribution in [-0.4, -0.2) is 20.4 Å². The molecule has 0 N–H and O–H groups in total. The monoisotopic (exact) mass is 1110 g/mol. The number of nitrogens with zero attached hydrogens (tertiary/aromatic N) is 4. The van der Waals surface area contributed by atoms with Gasteiger partial charge in [0.15, 0.2) is 0 Å². The van der Waals surface area contributed by atoms with Gasteiger partial charge in [-0.3, -0.25) is 0 Å². The first-order chi connectivity index (χ1) is 39.4. The van der Waals surface area contributed by atoms with E-state index in [1.54, 1.807) is 24.3 Å². The van der Waals surface area contributed by atoms with E-state index in [9.17, 15) is 39.5 Å². The zero-order valence-electron chi connectivity index (χ0n) is 43.2. The third kappa shape index (κ3) is 10.4. The highest BCUT2D eigenvalue weighted by Crippen LogP contribution is 2.48. The lowest BCUT2D eigenvalue weighted by Crippen LogP contribution is -2.31. The summed E-state index contributed by atoms with van der Waals surface area (Å²) in [5.74, 6) is 0.612. The molecule has 2 heterocycles. The molecule has 0 amide bonds. The van der Waals surface area contributed by atoms with Gasteiger partial charge in [0.05, 0.1) is 22.1 Å². The molecule has 0 bridgehead atoms. The summed E-state index contributed by atoms with van der Waals surface area (Å²) in [5.41, 5.74) is 8.69. The van der Waals surface area contributed by atoms with E-state index >= 15 is 0 Å². The molecular weight excluding hydrogens is 1060 g/mol. The van der Waals surface area contributed by atoms with Crippen LogP contribution in [0.15, 0.2) is 227 Å². The molecule has 15 heteroatoms. The van der Waals surface area contributed by atoms with E-state index < -0.39 is 40.6 Å². The fraction of sp³-hybridized carbons (Fsp3) is 0.104. The smallest absolute Gasteiger partial charge is 0.416 e. The van der Waals surface area contributed by atoms with Crippen molar-refractivity contribution in [2.75, 3.05) is 0 Å². The Morgan fingerprint density at radius 2 is 0.573 bits per heavy atom. The summed E-state index contributed by atoms with van der Waals surface area (Å²) in [6, 6.07) is 54.1. The lowest BCUT2D eigenvalue weighted by molar-refractivity contribution is -0.138. The van der Waals surface area contributed by atoms with Crippen LogP contribution in [-0.2, 0) is 23.9 Å². The molecule has 82 heavy (non-hydrogen) atoms. The van der Waals surface area contributed by atoms with Crippen molar-refractivity contribution in [3.63, 3.8) is 0 Å². The van der Waals surface area contributed by atoms with Gasteiger partial charge in [-0.2, -0.15) is 39.5 Å². The fourth-order valence-corrected chi connectivity index (χ4v) is 10.7. The Balaban J connectivity index is 0.953. The Morgan fingerprint density at radius 3 is 0.915 bits per heavy atom. The SMILES string of the molecule is Cc1cccc(-c2nnc(-c3ccc(C(c4ccc(C5=CC=C(c6cccc(C(F)(F)F)c6)C5)cc4)(c4ccc(C5=CC=C(c6cccc(C(F)(F)F)c6)C5)cc4)c4ccc(-c5nnc(-c6cccc(C(F)(F)F)c6)o5)cc4)cc3)o2)c1. The molecule has 12 rings (SSSR count). The molecule has 0 spiro atoms. The van der Waals surface area contributed by atoms with Crippen LogP contribution in [0.3, 0.4) is 0 Å². The number of benzene rings is 8. The van der Waals surface area contributed by atoms with Gasteiger partial charge in [-0.05, 0) is 165 Å². The number of aromatic nitrogens is 4. The molecule has 2 aliphatic carbocycles. The highest BCUT2D eigenvalue weighted by molar-refractivity contribution is 5.88. The minimum atomic E-state index is -4.59. The third-order valence-corrected chi connectivity index (χ3v) is 14.9. The van der Waals surface area contributed by atoms with Crippen LogP contribution in [0, 0.1) is 6.92 Å². The first-order valence-electron chi connectivity index (χ1n) is 25.9. The number of halogens is 9. The summed E-state index contributed by atoms with van der Waals surface area (Å²) >= 11 is 0. The lowest BCUT2D eigenvalue weighted by Gasteiger charge is -2.37. The third-order valence-electron chi connectivity index (χ3n) is 14.9. The van der Waals surface area contributed by atoms with E-state index in [0.29, 0.717) is 46.9 Å². The summed E-state index contributed by atoms with van der Waals surface area (Å²) in [6.45, 7) is 1.97. The quantitative estimate of drug-likeness (QED) is 0.0896. The second-order valence-corrected chi connectivity index (χ2v) is 20.1. The molecule has 0 unspecified atom stereocenters. The van der Waals surface area contributed by atoms with Gasteiger partial charge < -0.3 is 8.83 Å². The van der Waals surface area contributed by atoms with E-state index in [1.165, 1.54) is 24.3 Å². The second-order valence-electron chi connectivity index (χ2n) is 20.1. The van der Waals surface area contributed by atoms with Gasteiger partial charge >= 0.3 is 18.5 Å². The zero-order valence-corrected chi connectivity index (χ0v) is 43.2. The molecule has 0 saturated carbocycles. The maximum absolute atomic E-state index is 13.8. The normalized spacial score (nSPS) is 13.9. The second kappa shape index (κ2) is 20.8. The Bertz CT molecular complexity index is 4030. The molecule has 8 aromatic carbocycles. The number of aryl methyl sites for hydroxylation is 1. The summed E-state index contributed by atoms with van der Waals surface area (Å²) in [6.07, 6.45) is -5.30. The molecule has 0 saturated heterocycles. The van der Waals surface area contributed by atoms with E-state index in [1.807, 2.05) is 140 Å². The Kier molecular flexibility index (Phi) is 13.4. The molecule has 10 aromatic rings. The molecule has 0 fully saturated rings. The van der Waals surface area contributed by atoms with Crippen LogP contribution < -0.4 is 0 Å². The first-order valence-corrected chi connectivity index (χ1v) is 25.9.